The molecule has 0 radical (unpaired) electrons. The topological polar surface area (TPSA) is 202 Å². The third kappa shape index (κ3) is 9.30. The number of rotatable bonds is 10. The maximum atomic E-state index is 13.7. The summed E-state index contributed by atoms with van der Waals surface area (Å²) in [5.41, 5.74) is 1.44. The zero-order valence-electron chi connectivity index (χ0n) is 35.1. The average molecular weight is 893 g/mol. The number of benzene rings is 4. The molecule has 0 saturated carbocycles. The molecule has 0 atom stereocenters. The van der Waals surface area contributed by atoms with Crippen molar-refractivity contribution in [3.63, 3.8) is 0 Å². The van der Waals surface area contributed by atoms with E-state index in [1.165, 1.54) is 85.2 Å². The molecule has 4 aromatic rings. The van der Waals surface area contributed by atoms with Crippen molar-refractivity contribution in [1.29, 1.82) is 0 Å². The molecule has 0 aliphatic carbocycles. The number of nitrogens with zero attached hydrogens (tertiary/aromatic N) is 6. The van der Waals surface area contributed by atoms with Gasteiger partial charge in [-0.05, 0) is 100.0 Å². The molecule has 4 aromatic carbocycles. The van der Waals surface area contributed by atoms with E-state index in [1.54, 1.807) is 31.2 Å². The van der Waals surface area contributed by atoms with Crippen LogP contribution in [-0.2, 0) is 29.4 Å². The van der Waals surface area contributed by atoms with E-state index in [9.17, 15) is 35.7 Å². The molecular weight excluding hydrogens is 848 g/mol. The van der Waals surface area contributed by atoms with Gasteiger partial charge in [-0.25, -0.2) is 18.8 Å². The van der Waals surface area contributed by atoms with Crippen LogP contribution < -0.4 is 20.4 Å². The summed E-state index contributed by atoms with van der Waals surface area (Å²) < 4.78 is 108. The molecule has 0 aromatic heterocycles. The fraction of sp³-hybridized carbons (Fsp3) is 0.300. The molecule has 16 nitrogen and oxygen atoms in total. The first-order valence-electron chi connectivity index (χ1n) is 19.2. The Morgan fingerprint density at radius 2 is 1.15 bits per heavy atom. The molecule has 326 valence electrons. The number of fused-ring (bicyclic) bond motifs is 2. The molecule has 1 fully saturated rings. The minimum Gasteiger partial charge on any atom is -0.494 e. The van der Waals surface area contributed by atoms with Gasteiger partial charge in [-0.3, -0.25) is 0 Å². The predicted octanol–water partition coefficient (Wildman–Crippen LogP) is 3.26. The van der Waals surface area contributed by atoms with Crippen LogP contribution >= 0.6 is 0 Å². The number of hydrogen-bond acceptors (Lipinski definition) is 14. The molecule has 62 heavy (non-hydrogen) atoms. The van der Waals surface area contributed by atoms with Gasteiger partial charge in [0, 0.05) is 24.2 Å². The summed E-state index contributed by atoms with van der Waals surface area (Å²) in [5, 5.41) is 30.1. The van der Waals surface area contributed by atoms with Crippen LogP contribution in [0.3, 0.4) is 0 Å². The molecule has 2 N–H and O–H groups in total. The first-order chi connectivity index (χ1) is 29.1. The first kappa shape index (κ1) is 46.0. The highest BCUT2D eigenvalue weighted by molar-refractivity contribution is 7.91. The van der Waals surface area contributed by atoms with Crippen LogP contribution in [0.2, 0.25) is 0 Å². The lowest BCUT2D eigenvalue weighted by molar-refractivity contribution is 0.00578. The lowest BCUT2D eigenvalue weighted by Crippen LogP contribution is -2.41. The quantitative estimate of drug-likeness (QED) is 0.134. The van der Waals surface area contributed by atoms with Crippen molar-refractivity contribution in [2.24, 2.45) is 19.0 Å². The van der Waals surface area contributed by atoms with Crippen molar-refractivity contribution in [3.05, 3.63) is 107 Å². The Hall–Kier alpha value is -5.51. The van der Waals surface area contributed by atoms with Gasteiger partial charge in [0.05, 0.1) is 37.9 Å². The van der Waals surface area contributed by atoms with Gasteiger partial charge in [0.25, 0.3) is 20.0 Å². The molecule has 0 amide bonds. The third-order valence-electron chi connectivity index (χ3n) is 10.4. The van der Waals surface area contributed by atoms with Crippen molar-refractivity contribution in [3.8, 4) is 11.5 Å². The van der Waals surface area contributed by atoms with E-state index in [1.807, 2.05) is 34.6 Å². The van der Waals surface area contributed by atoms with Crippen molar-refractivity contribution in [2.45, 2.75) is 62.5 Å². The molecule has 22 heteroatoms. The Bertz CT molecular complexity index is 2720. The Balaban J connectivity index is 0.000000211. The van der Waals surface area contributed by atoms with Crippen LogP contribution in [0.5, 0.6) is 11.5 Å². The number of sulfonamides is 2. The lowest BCUT2D eigenvalue weighted by atomic mass is 9.79. The Kier molecular flexibility index (Phi) is 13.1. The van der Waals surface area contributed by atoms with E-state index < -0.39 is 57.1 Å². The first-order valence-corrected chi connectivity index (χ1v) is 22.0. The zero-order chi connectivity index (χ0) is 45.4. The molecular formula is C40H44B2F2N6O10S2. The lowest BCUT2D eigenvalue weighted by Gasteiger charge is -2.32. The van der Waals surface area contributed by atoms with Gasteiger partial charge in [-0.2, -0.15) is 27.0 Å². The summed E-state index contributed by atoms with van der Waals surface area (Å²) in [7, 11) is -7.67. The number of hydrazone groups is 2. The molecule has 3 aliphatic heterocycles. The SMILES string of the molecule is CCN(/N=C/c1ccc(F)c(OC)c1)C1=NS(=O)(=O)c2cc(B(O)O)ccc21.CCN(/N=C/c1ccc(F)c(OC)c1)C1=NS(=O)(=O)c2cc(B3OC(C)(C)C(C)(C)O3)ccc21. The van der Waals surface area contributed by atoms with Gasteiger partial charge in [-0.1, -0.05) is 36.4 Å². The molecule has 1 saturated heterocycles. The van der Waals surface area contributed by atoms with Gasteiger partial charge in [0.15, 0.2) is 34.8 Å². The average Bonchev–Trinajstić information content (AvgIpc) is 3.75. The summed E-state index contributed by atoms with van der Waals surface area (Å²) in [6.07, 6.45) is 2.93. The third-order valence-corrected chi connectivity index (χ3v) is 13.0. The summed E-state index contributed by atoms with van der Waals surface area (Å²) >= 11 is 0. The van der Waals surface area contributed by atoms with Crippen molar-refractivity contribution in [2.75, 3.05) is 27.3 Å². The van der Waals surface area contributed by atoms with Gasteiger partial charge in [-0.15, -0.1) is 8.80 Å². The predicted molar refractivity (Wildman–Crippen MR) is 232 cm³/mol. The maximum absolute atomic E-state index is 13.7. The van der Waals surface area contributed by atoms with E-state index in [-0.39, 0.29) is 38.4 Å². The number of amidine groups is 2. The standard InChI is InChI=1S/C23H27BFN3O5S.C17H17BFN3O5S/c1-7-28(26-14-15-8-11-18(25)19(12-15)31-6)21-17-10-9-16(13-20(17)34(29,30)27-21)24-32-22(2,3)23(4,5)33-24;1-3-22(20-10-11-4-7-14(19)15(8-11)27-2)17-13-6-5-12(18(23)24)9-16(13)28(25,26)21-17/h8-14H,7H2,1-6H3;4-10,23-24H,3H2,1-2H3/b26-14+;20-10+. The Morgan fingerprint density at radius 3 is 1.56 bits per heavy atom. The minimum atomic E-state index is -3.98. The molecule has 0 unspecified atom stereocenters. The molecule has 3 aliphatic rings. The summed E-state index contributed by atoms with van der Waals surface area (Å²) in [5.74, 6) is -0.509. The van der Waals surface area contributed by atoms with Gasteiger partial charge >= 0.3 is 14.2 Å². The van der Waals surface area contributed by atoms with Gasteiger partial charge in [0.2, 0.25) is 0 Å². The number of ether oxygens (including phenoxy) is 2. The van der Waals surface area contributed by atoms with E-state index in [0.717, 1.165) is 0 Å². The molecule has 0 bridgehead atoms. The van der Waals surface area contributed by atoms with Gasteiger partial charge < -0.3 is 28.8 Å². The van der Waals surface area contributed by atoms with Crippen LogP contribution in [0.25, 0.3) is 0 Å². The normalized spacial score (nSPS) is 17.5. The largest absolute Gasteiger partial charge is 0.494 e. The van der Waals surface area contributed by atoms with E-state index in [4.69, 9.17) is 18.8 Å². The maximum Gasteiger partial charge on any atom is 0.494 e. The molecule has 0 spiro atoms. The van der Waals surface area contributed by atoms with Crippen molar-refractivity contribution < 1.29 is 54.4 Å². The zero-order valence-corrected chi connectivity index (χ0v) is 36.7. The Labute approximate surface area is 359 Å². The summed E-state index contributed by atoms with van der Waals surface area (Å²) in [4.78, 5) is -0.0444. The highest BCUT2D eigenvalue weighted by Gasteiger charge is 2.52. The fourth-order valence-corrected chi connectivity index (χ4v) is 8.80. The Morgan fingerprint density at radius 1 is 0.710 bits per heavy atom. The van der Waals surface area contributed by atoms with E-state index >= 15 is 0 Å². The van der Waals surface area contributed by atoms with Crippen molar-refractivity contribution >= 4 is 69.3 Å². The number of halogens is 2. The van der Waals surface area contributed by atoms with Crippen LogP contribution in [0.1, 0.15) is 63.8 Å². The minimum absolute atomic E-state index is 0.0451. The summed E-state index contributed by atoms with van der Waals surface area (Å²) in [6, 6.07) is 17.6. The summed E-state index contributed by atoms with van der Waals surface area (Å²) in [6.45, 7) is 12.0. The highest BCUT2D eigenvalue weighted by Crippen LogP contribution is 2.37. The van der Waals surface area contributed by atoms with Gasteiger partial charge in [0.1, 0.15) is 9.79 Å². The highest BCUT2D eigenvalue weighted by atomic mass is 32.2. The van der Waals surface area contributed by atoms with Crippen molar-refractivity contribution in [1.82, 2.24) is 10.0 Å². The molecule has 7 rings (SSSR count). The van der Waals surface area contributed by atoms with Crippen LogP contribution in [0.15, 0.2) is 102 Å². The second-order valence-corrected chi connectivity index (χ2v) is 18.1. The van der Waals surface area contributed by atoms with Crippen LogP contribution in [0, 0.1) is 11.6 Å². The second-order valence-electron chi connectivity index (χ2n) is 15.0. The fourth-order valence-electron chi connectivity index (χ4n) is 6.32. The van der Waals surface area contributed by atoms with Crippen LogP contribution in [-0.4, -0.2) is 114 Å². The second kappa shape index (κ2) is 17.7. The smallest absolute Gasteiger partial charge is 0.494 e. The molecule has 3 heterocycles. The van der Waals surface area contributed by atoms with E-state index in [0.29, 0.717) is 40.8 Å². The number of methoxy groups -OCH3 is 2. The van der Waals surface area contributed by atoms with E-state index in [2.05, 4.69) is 19.0 Å². The number of hydrogen-bond donors (Lipinski definition) is 2. The monoisotopic (exact) mass is 892 g/mol. The van der Waals surface area contributed by atoms with Crippen LogP contribution in [0.4, 0.5) is 8.78 Å².